The predicted octanol–water partition coefficient (Wildman–Crippen LogP) is 2.80. The molecule has 3 rings (SSSR count). The maximum absolute atomic E-state index is 12.4. The number of hydrogen-bond acceptors (Lipinski definition) is 4. The lowest BCUT2D eigenvalue weighted by Crippen LogP contribution is -2.19. The van der Waals surface area contributed by atoms with Gasteiger partial charge in [0.05, 0.1) is 14.2 Å². The van der Waals surface area contributed by atoms with Gasteiger partial charge in [-0.15, -0.1) is 23.5 Å². The predicted molar refractivity (Wildman–Crippen MR) is 74.3 cm³/mol. The summed E-state index contributed by atoms with van der Waals surface area (Å²) in [7, 11) is -3.12. The zero-order valence-electron chi connectivity index (χ0n) is 9.33. The van der Waals surface area contributed by atoms with Crippen LogP contribution in [0.4, 0.5) is 0 Å². The van der Waals surface area contributed by atoms with E-state index in [0.29, 0.717) is 4.90 Å². The monoisotopic (exact) mass is 286 g/mol. The Hall–Kier alpha value is -0.130. The number of benzene rings is 1. The molecule has 1 saturated carbocycles. The third-order valence-electron chi connectivity index (χ3n) is 3.23. The van der Waals surface area contributed by atoms with E-state index < -0.39 is 9.84 Å². The Labute approximate surface area is 110 Å². The standard InChI is InChI=1S/C12H14O2S3/c13-17(14,10-5-2-1-3-6-10)11-9-12(11)15-7-4-8-16-12/h1-3,5-6,11H,4,7-9H2/t11-/m1/s1. The Bertz CT molecular complexity index is 504. The van der Waals surface area contributed by atoms with Crippen molar-refractivity contribution < 1.29 is 8.42 Å². The fourth-order valence-corrected chi connectivity index (χ4v) is 8.64. The smallest absolute Gasteiger partial charge is 0.183 e. The van der Waals surface area contributed by atoms with Gasteiger partial charge in [-0.3, -0.25) is 0 Å². The second-order valence-corrected chi connectivity index (χ2v) is 9.65. The molecule has 1 heterocycles. The Morgan fingerprint density at radius 3 is 2.41 bits per heavy atom. The minimum absolute atomic E-state index is 0.0209. The third kappa shape index (κ3) is 2.02. The number of thioether (sulfide) groups is 2. The van der Waals surface area contributed by atoms with Crippen LogP contribution in [0.25, 0.3) is 0 Å². The first-order chi connectivity index (χ1) is 8.15. The van der Waals surface area contributed by atoms with Crippen LogP contribution in [0.5, 0.6) is 0 Å². The lowest BCUT2D eigenvalue weighted by atomic mass is 10.4. The van der Waals surface area contributed by atoms with Gasteiger partial charge in [0.15, 0.2) is 9.84 Å². The normalized spacial score (nSPS) is 26.9. The van der Waals surface area contributed by atoms with Crippen LogP contribution in [-0.2, 0) is 9.84 Å². The summed E-state index contributed by atoms with van der Waals surface area (Å²) in [6.45, 7) is 0. The summed E-state index contributed by atoms with van der Waals surface area (Å²) >= 11 is 3.69. The second-order valence-electron chi connectivity index (χ2n) is 4.41. The van der Waals surface area contributed by atoms with Gasteiger partial charge < -0.3 is 0 Å². The lowest BCUT2D eigenvalue weighted by Gasteiger charge is -2.21. The fourth-order valence-electron chi connectivity index (χ4n) is 2.21. The van der Waals surface area contributed by atoms with Gasteiger partial charge in [0.1, 0.15) is 0 Å². The molecule has 1 aromatic rings. The van der Waals surface area contributed by atoms with E-state index in [1.807, 2.05) is 29.6 Å². The summed E-state index contributed by atoms with van der Waals surface area (Å²) in [5.74, 6) is 2.21. The highest BCUT2D eigenvalue weighted by Crippen LogP contribution is 2.63. The molecule has 92 valence electrons. The van der Waals surface area contributed by atoms with Crippen LogP contribution >= 0.6 is 23.5 Å². The molecule has 1 aliphatic heterocycles. The van der Waals surface area contributed by atoms with Crippen molar-refractivity contribution in [2.45, 2.75) is 27.1 Å². The van der Waals surface area contributed by atoms with Gasteiger partial charge in [-0.25, -0.2) is 8.42 Å². The first-order valence-electron chi connectivity index (χ1n) is 5.72. The van der Waals surface area contributed by atoms with Gasteiger partial charge in [0.2, 0.25) is 0 Å². The Morgan fingerprint density at radius 1 is 1.12 bits per heavy atom. The summed E-state index contributed by atoms with van der Waals surface area (Å²) < 4.78 is 24.9. The molecule has 1 saturated heterocycles. The average molecular weight is 286 g/mol. The second kappa shape index (κ2) is 4.21. The van der Waals surface area contributed by atoms with Gasteiger partial charge in [-0.1, -0.05) is 18.2 Å². The molecule has 17 heavy (non-hydrogen) atoms. The van der Waals surface area contributed by atoms with E-state index in [-0.39, 0.29) is 9.33 Å². The van der Waals surface area contributed by atoms with Crippen LogP contribution in [0.3, 0.4) is 0 Å². The van der Waals surface area contributed by atoms with Crippen LogP contribution < -0.4 is 0 Å². The highest BCUT2D eigenvalue weighted by Gasteiger charge is 2.62. The largest absolute Gasteiger partial charge is 0.223 e. The first-order valence-corrected chi connectivity index (χ1v) is 9.24. The summed E-state index contributed by atoms with van der Waals surface area (Å²) in [6.07, 6.45) is 2.02. The van der Waals surface area contributed by atoms with Crippen molar-refractivity contribution in [3.8, 4) is 0 Å². The highest BCUT2D eigenvalue weighted by molar-refractivity contribution is 8.20. The Balaban J connectivity index is 1.87. The summed E-state index contributed by atoms with van der Waals surface area (Å²) in [5.41, 5.74) is 0. The van der Waals surface area contributed by atoms with Crippen LogP contribution in [0.2, 0.25) is 0 Å². The molecule has 1 aromatic carbocycles. The van der Waals surface area contributed by atoms with Crippen molar-refractivity contribution in [2.75, 3.05) is 11.5 Å². The van der Waals surface area contributed by atoms with Crippen LogP contribution in [-0.4, -0.2) is 29.3 Å². The first kappa shape index (κ1) is 11.9. The Morgan fingerprint density at radius 2 is 1.76 bits per heavy atom. The summed E-state index contributed by atoms with van der Waals surface area (Å²) in [5, 5.41) is -0.173. The number of sulfone groups is 1. The quantitative estimate of drug-likeness (QED) is 0.837. The molecule has 2 fully saturated rings. The van der Waals surface area contributed by atoms with Crippen LogP contribution in [0, 0.1) is 0 Å². The minimum atomic E-state index is -3.12. The van der Waals surface area contributed by atoms with Gasteiger partial charge in [-0.2, -0.15) is 0 Å². The maximum atomic E-state index is 12.4. The van der Waals surface area contributed by atoms with Crippen LogP contribution in [0.1, 0.15) is 12.8 Å². The highest BCUT2D eigenvalue weighted by atomic mass is 32.2. The van der Waals surface area contributed by atoms with E-state index in [1.165, 1.54) is 6.42 Å². The summed E-state index contributed by atoms with van der Waals surface area (Å²) in [4.78, 5) is 0.480. The molecule has 0 radical (unpaired) electrons. The van der Waals surface area contributed by atoms with Crippen LogP contribution in [0.15, 0.2) is 35.2 Å². The molecule has 0 aromatic heterocycles. The van der Waals surface area contributed by atoms with Gasteiger partial charge in [-0.05, 0) is 36.5 Å². The van der Waals surface area contributed by atoms with E-state index in [0.717, 1.165) is 17.9 Å². The van der Waals surface area contributed by atoms with Crippen molar-refractivity contribution in [1.29, 1.82) is 0 Å². The molecular weight excluding hydrogens is 272 g/mol. The molecule has 2 aliphatic rings. The average Bonchev–Trinajstić information content (AvgIpc) is 3.06. The van der Waals surface area contributed by atoms with Crippen molar-refractivity contribution in [3.05, 3.63) is 30.3 Å². The van der Waals surface area contributed by atoms with Gasteiger partial charge >= 0.3 is 0 Å². The SMILES string of the molecule is O=S(=O)(c1ccccc1)[C@@H]1CC12SCCCS2. The minimum Gasteiger partial charge on any atom is -0.223 e. The number of hydrogen-bond donors (Lipinski definition) is 0. The molecule has 0 amide bonds. The molecule has 2 nitrogen and oxygen atoms in total. The van der Waals surface area contributed by atoms with Gasteiger partial charge in [0, 0.05) is 0 Å². The molecule has 1 spiro atoms. The van der Waals surface area contributed by atoms with E-state index in [9.17, 15) is 8.42 Å². The van der Waals surface area contributed by atoms with E-state index in [1.54, 1.807) is 24.3 Å². The van der Waals surface area contributed by atoms with E-state index >= 15 is 0 Å². The Kier molecular flexibility index (Phi) is 2.96. The topological polar surface area (TPSA) is 34.1 Å². The van der Waals surface area contributed by atoms with Crippen molar-refractivity contribution in [2.24, 2.45) is 0 Å². The zero-order chi connectivity index (χ0) is 11.9. The van der Waals surface area contributed by atoms with Gasteiger partial charge in [0.25, 0.3) is 0 Å². The molecule has 0 bridgehead atoms. The molecule has 5 heteroatoms. The fraction of sp³-hybridized carbons (Fsp3) is 0.500. The van der Waals surface area contributed by atoms with Crippen molar-refractivity contribution in [3.63, 3.8) is 0 Å². The maximum Gasteiger partial charge on any atom is 0.183 e. The van der Waals surface area contributed by atoms with Crippen molar-refractivity contribution >= 4 is 33.4 Å². The molecule has 1 atom stereocenters. The van der Waals surface area contributed by atoms with E-state index in [4.69, 9.17) is 0 Å². The van der Waals surface area contributed by atoms with Crippen molar-refractivity contribution in [1.82, 2.24) is 0 Å². The zero-order valence-corrected chi connectivity index (χ0v) is 11.8. The summed E-state index contributed by atoms with van der Waals surface area (Å²) in [6, 6.07) is 8.86. The number of rotatable bonds is 2. The molecule has 0 unspecified atom stereocenters. The lowest BCUT2D eigenvalue weighted by molar-refractivity contribution is 0.594. The van der Waals surface area contributed by atoms with E-state index in [2.05, 4.69) is 0 Å². The molecule has 1 aliphatic carbocycles. The molecular formula is C12H14O2S3. The molecule has 0 N–H and O–H groups in total. The third-order valence-corrected chi connectivity index (χ3v) is 9.35.